The Kier molecular flexibility index (Phi) is 6.25. The van der Waals surface area contributed by atoms with Gasteiger partial charge in [-0.2, -0.15) is 0 Å². The highest BCUT2D eigenvalue weighted by Crippen LogP contribution is 2.24. The Morgan fingerprint density at radius 1 is 1.10 bits per heavy atom. The van der Waals surface area contributed by atoms with Crippen molar-refractivity contribution in [1.29, 1.82) is 0 Å². The van der Waals surface area contributed by atoms with Gasteiger partial charge in [-0.1, -0.05) is 11.6 Å². The molecular formula is C20H25N3O6S. The lowest BCUT2D eigenvalue weighted by molar-refractivity contribution is -0.135. The molecule has 3 rings (SSSR count). The molecule has 0 bridgehead atoms. The van der Waals surface area contributed by atoms with Gasteiger partial charge in [0.2, 0.25) is 11.8 Å². The monoisotopic (exact) mass is 435 g/mol. The highest BCUT2D eigenvalue weighted by atomic mass is 32.2. The minimum absolute atomic E-state index is 0.0540. The van der Waals surface area contributed by atoms with E-state index >= 15 is 0 Å². The van der Waals surface area contributed by atoms with Crippen molar-refractivity contribution in [2.45, 2.75) is 32.7 Å². The predicted octanol–water partition coefficient (Wildman–Crippen LogP) is 0.133. The lowest BCUT2D eigenvalue weighted by atomic mass is 10.1. The van der Waals surface area contributed by atoms with Crippen molar-refractivity contribution >= 4 is 33.5 Å². The van der Waals surface area contributed by atoms with Gasteiger partial charge < -0.3 is 10.2 Å². The number of amides is 4. The van der Waals surface area contributed by atoms with Crippen LogP contribution in [-0.2, 0) is 19.4 Å². The zero-order valence-corrected chi connectivity index (χ0v) is 17.8. The Labute approximate surface area is 175 Å². The van der Waals surface area contributed by atoms with Crippen LogP contribution >= 0.6 is 0 Å². The van der Waals surface area contributed by atoms with Gasteiger partial charge in [0, 0.05) is 26.1 Å². The maximum Gasteiger partial charge on any atom is 0.261 e. The minimum Gasteiger partial charge on any atom is -0.345 e. The Morgan fingerprint density at radius 3 is 2.40 bits per heavy atom. The first-order chi connectivity index (χ1) is 14.1. The van der Waals surface area contributed by atoms with Crippen molar-refractivity contribution in [3.8, 4) is 0 Å². The Balaban J connectivity index is 1.45. The van der Waals surface area contributed by atoms with Crippen LogP contribution in [-0.4, -0.2) is 79.0 Å². The maximum atomic E-state index is 12.4. The number of carbonyl (C=O) groups is 4. The van der Waals surface area contributed by atoms with Crippen LogP contribution in [0.2, 0.25) is 0 Å². The van der Waals surface area contributed by atoms with Crippen molar-refractivity contribution in [2.24, 2.45) is 0 Å². The predicted molar refractivity (Wildman–Crippen MR) is 109 cm³/mol. The summed E-state index contributed by atoms with van der Waals surface area (Å²) in [5.41, 5.74) is 1.64. The van der Waals surface area contributed by atoms with Crippen molar-refractivity contribution in [3.63, 3.8) is 0 Å². The molecule has 2 aliphatic heterocycles. The summed E-state index contributed by atoms with van der Waals surface area (Å²) in [4.78, 5) is 52.0. The van der Waals surface area contributed by atoms with Gasteiger partial charge in [0.15, 0.2) is 9.84 Å². The first kappa shape index (κ1) is 21.9. The summed E-state index contributed by atoms with van der Waals surface area (Å²) in [5.74, 6) is -1.55. The number of aryl methyl sites for hydroxylation is 1. The number of carbonyl (C=O) groups excluding carboxylic acids is 4. The molecule has 0 spiro atoms. The van der Waals surface area contributed by atoms with E-state index in [9.17, 15) is 27.6 Å². The lowest BCUT2D eigenvalue weighted by Gasteiger charge is -2.29. The molecule has 1 aromatic rings. The molecule has 1 saturated heterocycles. The molecule has 4 amide bonds. The lowest BCUT2D eigenvalue weighted by Crippen LogP contribution is -2.51. The van der Waals surface area contributed by atoms with Crippen molar-refractivity contribution in [1.82, 2.24) is 15.1 Å². The molecule has 0 radical (unpaired) electrons. The van der Waals surface area contributed by atoms with Crippen LogP contribution in [0.25, 0.3) is 0 Å². The van der Waals surface area contributed by atoms with Crippen molar-refractivity contribution < 1.29 is 27.6 Å². The van der Waals surface area contributed by atoms with Gasteiger partial charge in [-0.15, -0.1) is 0 Å². The van der Waals surface area contributed by atoms with E-state index < -0.39 is 15.9 Å². The number of sulfone groups is 1. The Morgan fingerprint density at radius 2 is 1.73 bits per heavy atom. The largest absolute Gasteiger partial charge is 0.345 e. The van der Waals surface area contributed by atoms with Gasteiger partial charge in [0.1, 0.15) is 6.04 Å². The molecule has 1 unspecified atom stereocenters. The van der Waals surface area contributed by atoms with E-state index in [1.165, 1.54) is 4.90 Å². The standard InChI is InChI=1S/C20H25N3O6S/c1-13-5-6-15-16(12-13)20(27)23(19(15)26)7-3-4-17(24)21-14(2)18(25)22-8-10-30(28,29)11-9-22/h5-6,12,14H,3-4,7-11H2,1-2H3,(H,21,24). The van der Waals surface area contributed by atoms with E-state index in [2.05, 4.69) is 5.32 Å². The molecule has 9 nitrogen and oxygen atoms in total. The Hall–Kier alpha value is -2.75. The van der Waals surface area contributed by atoms with Gasteiger partial charge in [0.25, 0.3) is 11.8 Å². The fourth-order valence-corrected chi connectivity index (χ4v) is 4.79. The zero-order valence-electron chi connectivity index (χ0n) is 17.0. The quantitative estimate of drug-likeness (QED) is 0.634. The molecule has 0 saturated carbocycles. The number of benzene rings is 1. The molecule has 1 aromatic carbocycles. The summed E-state index contributed by atoms with van der Waals surface area (Å²) in [6.45, 7) is 3.76. The molecule has 1 fully saturated rings. The number of rotatable bonds is 6. The molecule has 1 atom stereocenters. The molecular weight excluding hydrogens is 410 g/mol. The number of imide groups is 1. The third-order valence-electron chi connectivity index (χ3n) is 5.32. The highest BCUT2D eigenvalue weighted by molar-refractivity contribution is 7.91. The fourth-order valence-electron chi connectivity index (χ4n) is 3.59. The molecule has 0 aliphatic carbocycles. The summed E-state index contributed by atoms with van der Waals surface area (Å²) >= 11 is 0. The third kappa shape index (κ3) is 4.69. The van der Waals surface area contributed by atoms with Crippen molar-refractivity contribution in [2.75, 3.05) is 31.1 Å². The zero-order chi connectivity index (χ0) is 22.1. The molecule has 2 heterocycles. The average Bonchev–Trinajstić information content (AvgIpc) is 2.91. The van der Waals surface area contributed by atoms with Gasteiger partial charge in [-0.3, -0.25) is 24.1 Å². The second-order valence-corrected chi connectivity index (χ2v) is 9.98. The normalized spacial score (nSPS) is 18.9. The van der Waals surface area contributed by atoms with Crippen LogP contribution in [0.3, 0.4) is 0 Å². The summed E-state index contributed by atoms with van der Waals surface area (Å²) < 4.78 is 22.9. The van der Waals surface area contributed by atoms with Gasteiger partial charge >= 0.3 is 0 Å². The van der Waals surface area contributed by atoms with E-state index in [0.29, 0.717) is 11.1 Å². The first-order valence-electron chi connectivity index (χ1n) is 9.84. The average molecular weight is 436 g/mol. The fraction of sp³-hybridized carbons (Fsp3) is 0.500. The number of hydrogen-bond acceptors (Lipinski definition) is 6. The van der Waals surface area contributed by atoms with Gasteiger partial charge in [-0.05, 0) is 32.4 Å². The van der Waals surface area contributed by atoms with Crippen molar-refractivity contribution in [3.05, 3.63) is 34.9 Å². The van der Waals surface area contributed by atoms with Crippen LogP contribution in [0.5, 0.6) is 0 Å². The molecule has 2 aliphatic rings. The Bertz CT molecular complexity index is 990. The smallest absolute Gasteiger partial charge is 0.261 e. The number of nitrogens with zero attached hydrogens (tertiary/aromatic N) is 2. The minimum atomic E-state index is -3.09. The molecule has 1 N–H and O–H groups in total. The van der Waals surface area contributed by atoms with Crippen LogP contribution in [0.15, 0.2) is 18.2 Å². The van der Waals surface area contributed by atoms with E-state index in [1.54, 1.807) is 25.1 Å². The maximum absolute atomic E-state index is 12.4. The summed E-state index contributed by atoms with van der Waals surface area (Å²) in [6.07, 6.45) is 0.331. The topological polar surface area (TPSA) is 121 Å². The summed E-state index contributed by atoms with van der Waals surface area (Å²) in [5, 5.41) is 2.60. The number of fused-ring (bicyclic) bond motifs is 1. The molecule has 0 aromatic heterocycles. The number of hydrogen-bond donors (Lipinski definition) is 1. The first-order valence-corrected chi connectivity index (χ1v) is 11.7. The molecule has 30 heavy (non-hydrogen) atoms. The summed E-state index contributed by atoms with van der Waals surface area (Å²) in [7, 11) is -3.09. The second kappa shape index (κ2) is 8.55. The van der Waals surface area contributed by atoms with Crippen LogP contribution < -0.4 is 5.32 Å². The third-order valence-corrected chi connectivity index (χ3v) is 6.92. The van der Waals surface area contributed by atoms with Crippen LogP contribution in [0.4, 0.5) is 0 Å². The van der Waals surface area contributed by atoms with Crippen LogP contribution in [0.1, 0.15) is 46.0 Å². The molecule has 10 heteroatoms. The number of nitrogens with one attached hydrogen (secondary N) is 1. The van der Waals surface area contributed by atoms with E-state index in [1.807, 2.05) is 6.92 Å². The van der Waals surface area contributed by atoms with E-state index in [0.717, 1.165) is 10.5 Å². The van der Waals surface area contributed by atoms with E-state index in [-0.39, 0.29) is 67.6 Å². The van der Waals surface area contributed by atoms with E-state index in [4.69, 9.17) is 0 Å². The second-order valence-electron chi connectivity index (χ2n) is 7.68. The van der Waals surface area contributed by atoms with Gasteiger partial charge in [0.05, 0.1) is 22.6 Å². The summed E-state index contributed by atoms with van der Waals surface area (Å²) in [6, 6.07) is 4.32. The SMILES string of the molecule is Cc1ccc2c(c1)C(=O)N(CCCC(=O)NC(C)C(=O)N1CCS(=O)(=O)CC1)C2=O. The van der Waals surface area contributed by atoms with Gasteiger partial charge in [-0.25, -0.2) is 8.42 Å². The van der Waals surface area contributed by atoms with Crippen LogP contribution in [0, 0.1) is 6.92 Å². The molecule has 162 valence electrons. The highest BCUT2D eigenvalue weighted by Gasteiger charge is 2.35.